The average Bonchev–Trinajstić information content (AvgIpc) is 2.87. The number of hydrogen-bond acceptors (Lipinski definition) is 4. The van der Waals surface area contributed by atoms with Crippen LogP contribution in [0.5, 0.6) is 0 Å². The van der Waals surface area contributed by atoms with Gasteiger partial charge in [-0.3, -0.25) is 0 Å². The molecule has 1 N–H and O–H groups in total. The molecule has 7 heteroatoms. The number of methoxy groups -OCH3 is 1. The minimum absolute atomic E-state index is 0.0200. The highest BCUT2D eigenvalue weighted by atomic mass is 35.5. The number of rotatable bonds is 4. The van der Waals surface area contributed by atoms with Crippen LogP contribution in [0.25, 0.3) is 0 Å². The Morgan fingerprint density at radius 3 is 2.62 bits per heavy atom. The fraction of sp³-hybridized carbons (Fsp3) is 0.214. The molecular weight excluding hydrogens is 320 g/mol. The molecule has 0 amide bonds. The van der Waals surface area contributed by atoms with Gasteiger partial charge in [-0.25, -0.2) is 13.6 Å². The number of hydrogen-bond donors (Lipinski definition) is 1. The maximum absolute atomic E-state index is 13.8. The van der Waals surface area contributed by atoms with E-state index in [2.05, 4.69) is 10.1 Å². The number of halogens is 3. The van der Waals surface area contributed by atoms with E-state index in [0.29, 0.717) is 10.4 Å². The van der Waals surface area contributed by atoms with Crippen molar-refractivity contribution in [2.45, 2.75) is 13.0 Å². The summed E-state index contributed by atoms with van der Waals surface area (Å²) in [7, 11) is 1.13. The van der Waals surface area contributed by atoms with Crippen LogP contribution >= 0.6 is 22.9 Å². The van der Waals surface area contributed by atoms with E-state index in [1.54, 1.807) is 13.0 Å². The molecule has 2 aromatic rings. The lowest BCUT2D eigenvalue weighted by molar-refractivity contribution is 0.0595. The molecule has 1 heterocycles. The summed E-state index contributed by atoms with van der Waals surface area (Å²) < 4.78 is 32.4. The van der Waals surface area contributed by atoms with Crippen LogP contribution in [0, 0.1) is 11.6 Å². The molecule has 3 nitrogen and oxygen atoms in total. The number of nitrogens with one attached hydrogen (secondary N) is 1. The first-order valence-electron chi connectivity index (χ1n) is 6.00. The van der Waals surface area contributed by atoms with Gasteiger partial charge < -0.3 is 10.1 Å². The van der Waals surface area contributed by atoms with Gasteiger partial charge >= 0.3 is 5.97 Å². The lowest BCUT2D eigenvalue weighted by atomic mass is 10.1. The van der Waals surface area contributed by atoms with Gasteiger partial charge in [0.05, 0.1) is 22.7 Å². The fourth-order valence-corrected chi connectivity index (χ4v) is 2.78. The van der Waals surface area contributed by atoms with E-state index in [0.717, 1.165) is 18.7 Å². The normalized spacial score (nSPS) is 12.0. The molecule has 0 bridgehead atoms. The Labute approximate surface area is 129 Å². The van der Waals surface area contributed by atoms with Crippen molar-refractivity contribution < 1.29 is 18.3 Å². The van der Waals surface area contributed by atoms with Crippen LogP contribution in [0.2, 0.25) is 4.34 Å². The Morgan fingerprint density at radius 1 is 1.33 bits per heavy atom. The lowest BCUT2D eigenvalue weighted by Crippen LogP contribution is -2.11. The van der Waals surface area contributed by atoms with Gasteiger partial charge in [0.15, 0.2) is 0 Å². The first kappa shape index (κ1) is 15.7. The maximum Gasteiger partial charge on any atom is 0.340 e. The zero-order valence-corrected chi connectivity index (χ0v) is 12.8. The fourth-order valence-electron chi connectivity index (χ4n) is 1.79. The van der Waals surface area contributed by atoms with E-state index in [4.69, 9.17) is 11.6 Å². The van der Waals surface area contributed by atoms with Gasteiger partial charge in [0.1, 0.15) is 11.6 Å². The highest BCUT2D eigenvalue weighted by Gasteiger charge is 2.18. The van der Waals surface area contributed by atoms with E-state index < -0.39 is 17.6 Å². The molecule has 0 aliphatic rings. The number of carbonyl (C=O) groups excluding carboxylic acids is 1. The van der Waals surface area contributed by atoms with Crippen molar-refractivity contribution in [1.82, 2.24) is 0 Å². The minimum Gasteiger partial charge on any atom is -0.465 e. The van der Waals surface area contributed by atoms with E-state index in [9.17, 15) is 13.6 Å². The lowest BCUT2D eigenvalue weighted by Gasteiger charge is -2.15. The molecule has 2 rings (SSSR count). The predicted molar refractivity (Wildman–Crippen MR) is 79.1 cm³/mol. The Balaban J connectivity index is 2.29. The summed E-state index contributed by atoms with van der Waals surface area (Å²) in [5.74, 6) is -2.61. The van der Waals surface area contributed by atoms with Crippen molar-refractivity contribution in [2.24, 2.45) is 0 Å². The summed E-state index contributed by atoms with van der Waals surface area (Å²) in [5, 5.41) is 4.72. The molecule has 0 aliphatic heterocycles. The Kier molecular flexibility index (Phi) is 4.80. The van der Waals surface area contributed by atoms with E-state index in [1.165, 1.54) is 11.3 Å². The zero-order chi connectivity index (χ0) is 15.6. The van der Waals surface area contributed by atoms with E-state index in [-0.39, 0.29) is 17.3 Å². The van der Waals surface area contributed by atoms with Crippen molar-refractivity contribution in [3.63, 3.8) is 0 Å². The number of ether oxygens (including phenoxy) is 1. The minimum atomic E-state index is -0.962. The summed E-state index contributed by atoms with van der Waals surface area (Å²) in [6.07, 6.45) is 0. The third-order valence-electron chi connectivity index (χ3n) is 2.92. The van der Waals surface area contributed by atoms with Gasteiger partial charge in [-0.1, -0.05) is 11.6 Å². The first-order chi connectivity index (χ1) is 9.92. The zero-order valence-electron chi connectivity index (χ0n) is 11.2. The van der Waals surface area contributed by atoms with Gasteiger partial charge in [0.2, 0.25) is 0 Å². The monoisotopic (exact) mass is 331 g/mol. The van der Waals surface area contributed by atoms with E-state index >= 15 is 0 Å². The summed E-state index contributed by atoms with van der Waals surface area (Å²) >= 11 is 7.21. The van der Waals surface area contributed by atoms with Crippen LogP contribution in [0.15, 0.2) is 23.6 Å². The van der Waals surface area contributed by atoms with Gasteiger partial charge in [-0.15, -0.1) is 11.3 Å². The topological polar surface area (TPSA) is 38.3 Å². The number of thiophene rings is 1. The highest BCUT2D eigenvalue weighted by molar-refractivity contribution is 7.14. The second kappa shape index (κ2) is 6.41. The summed E-state index contributed by atoms with van der Waals surface area (Å²) in [4.78, 5) is 11.4. The first-order valence-corrected chi connectivity index (χ1v) is 7.26. The number of carbonyl (C=O) groups is 1. The Morgan fingerprint density at radius 2 is 2.05 bits per heavy atom. The van der Waals surface area contributed by atoms with Crippen molar-refractivity contribution in [1.29, 1.82) is 0 Å². The smallest absolute Gasteiger partial charge is 0.340 e. The Hall–Kier alpha value is -1.66. The summed E-state index contributed by atoms with van der Waals surface area (Å²) in [6, 6.07) is 3.26. The second-order valence-corrected chi connectivity index (χ2v) is 5.90. The van der Waals surface area contributed by atoms with Crippen LogP contribution < -0.4 is 5.32 Å². The third kappa shape index (κ3) is 3.51. The predicted octanol–water partition coefficient (Wildman–Crippen LogP) is 4.64. The highest BCUT2D eigenvalue weighted by Crippen LogP contribution is 2.29. The SMILES string of the molecule is COC(=O)c1cc(NC(C)c2csc(Cl)c2)c(F)cc1F. The molecule has 21 heavy (non-hydrogen) atoms. The van der Waals surface area contributed by atoms with Crippen LogP contribution in [-0.4, -0.2) is 13.1 Å². The molecule has 1 atom stereocenters. The average molecular weight is 332 g/mol. The van der Waals surface area contributed by atoms with Crippen LogP contribution in [-0.2, 0) is 4.74 Å². The molecule has 0 fully saturated rings. The molecule has 0 saturated carbocycles. The molecular formula is C14H12ClF2NO2S. The number of benzene rings is 1. The van der Waals surface area contributed by atoms with Gasteiger partial charge in [-0.2, -0.15) is 0 Å². The molecule has 1 aromatic heterocycles. The van der Waals surface area contributed by atoms with E-state index in [1.807, 2.05) is 5.38 Å². The van der Waals surface area contributed by atoms with Crippen molar-refractivity contribution >= 4 is 34.6 Å². The molecule has 112 valence electrons. The number of esters is 1. The van der Waals surface area contributed by atoms with Crippen molar-refractivity contribution in [2.75, 3.05) is 12.4 Å². The molecule has 1 aromatic carbocycles. The van der Waals surface area contributed by atoms with Crippen molar-refractivity contribution in [3.05, 3.63) is 50.7 Å². The molecule has 0 spiro atoms. The molecule has 0 aliphatic carbocycles. The van der Waals surface area contributed by atoms with Gasteiger partial charge in [0.25, 0.3) is 0 Å². The summed E-state index contributed by atoms with van der Waals surface area (Å²) in [6.45, 7) is 1.80. The number of anilines is 1. The summed E-state index contributed by atoms with van der Waals surface area (Å²) in [5.41, 5.74) is 0.567. The van der Waals surface area contributed by atoms with Crippen LogP contribution in [0.4, 0.5) is 14.5 Å². The molecule has 1 unspecified atom stereocenters. The van der Waals surface area contributed by atoms with Gasteiger partial charge in [-0.05, 0) is 30.0 Å². The quantitative estimate of drug-likeness (QED) is 0.829. The second-order valence-electron chi connectivity index (χ2n) is 4.35. The largest absolute Gasteiger partial charge is 0.465 e. The van der Waals surface area contributed by atoms with Crippen LogP contribution in [0.3, 0.4) is 0 Å². The maximum atomic E-state index is 13.8. The van der Waals surface area contributed by atoms with Crippen molar-refractivity contribution in [3.8, 4) is 0 Å². The third-order valence-corrected chi connectivity index (χ3v) is 4.03. The Bertz CT molecular complexity index is 675. The molecule has 0 saturated heterocycles. The van der Waals surface area contributed by atoms with Gasteiger partial charge in [0, 0.05) is 12.1 Å². The molecule has 0 radical (unpaired) electrons. The standard InChI is InChI=1S/C14H12ClF2NO2S/c1-7(8-3-13(15)21-6-8)18-12-4-9(14(19)20-2)10(16)5-11(12)17/h3-7,18H,1-2H3. The van der Waals surface area contributed by atoms with Crippen LogP contribution in [0.1, 0.15) is 28.9 Å².